The molecule has 1 amide bonds. The minimum atomic E-state index is -0.888. The van der Waals surface area contributed by atoms with Crippen LogP contribution in [0.3, 0.4) is 0 Å². The molecule has 2 N–H and O–H groups in total. The molecule has 0 fully saturated rings. The maximum absolute atomic E-state index is 14.4. The fourth-order valence-electron chi connectivity index (χ4n) is 2.20. The van der Waals surface area contributed by atoms with Crippen LogP contribution in [0, 0.1) is 5.82 Å². The molecule has 1 aromatic carbocycles. The highest BCUT2D eigenvalue weighted by molar-refractivity contribution is 6.05. The third-order valence-electron chi connectivity index (χ3n) is 3.38. The number of benzene rings is 1. The maximum Gasteiger partial charge on any atom is 0.355 e. The molecule has 0 saturated carbocycles. The smallest absolute Gasteiger partial charge is 0.355 e. The van der Waals surface area contributed by atoms with Gasteiger partial charge in [-0.1, -0.05) is 6.08 Å². The van der Waals surface area contributed by atoms with Crippen LogP contribution in [0.25, 0.3) is 0 Å². The number of ether oxygens (including phenoxy) is 2. The number of methoxy groups -OCH3 is 2. The van der Waals surface area contributed by atoms with Crippen molar-refractivity contribution in [1.29, 1.82) is 0 Å². The van der Waals surface area contributed by atoms with Gasteiger partial charge in [0.1, 0.15) is 11.5 Å². The Morgan fingerprint density at radius 1 is 1.08 bits per heavy atom. The van der Waals surface area contributed by atoms with E-state index in [4.69, 9.17) is 10.5 Å². The summed E-state index contributed by atoms with van der Waals surface area (Å²) in [5.74, 6) is -3.20. The number of esters is 2. The molecule has 0 saturated heterocycles. The second kappa shape index (κ2) is 7.43. The van der Waals surface area contributed by atoms with Crippen LogP contribution in [-0.4, -0.2) is 32.1 Å². The molecule has 2 rings (SSSR count). The molecular weight excluding hydrogens is 331 g/mol. The fraction of sp³-hybridized carbons (Fsp3) is 0.118. The van der Waals surface area contributed by atoms with Crippen molar-refractivity contribution in [2.45, 2.75) is 0 Å². The monoisotopic (exact) mass is 346 g/mol. The number of allylic oxidation sites excluding steroid dienone is 2. The van der Waals surface area contributed by atoms with Gasteiger partial charge in [0.2, 0.25) is 5.91 Å². The van der Waals surface area contributed by atoms with Crippen LogP contribution in [0.4, 0.5) is 10.1 Å². The van der Waals surface area contributed by atoms with Crippen LogP contribution >= 0.6 is 0 Å². The maximum atomic E-state index is 14.4. The molecule has 1 heterocycles. The lowest BCUT2D eigenvalue weighted by Crippen LogP contribution is -2.28. The summed E-state index contributed by atoms with van der Waals surface area (Å²) >= 11 is 0. The van der Waals surface area contributed by atoms with Crippen molar-refractivity contribution < 1.29 is 28.2 Å². The van der Waals surface area contributed by atoms with E-state index in [2.05, 4.69) is 4.74 Å². The molecular formula is C17H15FN2O5. The van der Waals surface area contributed by atoms with Crippen LogP contribution in [0.1, 0.15) is 10.4 Å². The number of carbonyl (C=O) groups is 3. The lowest BCUT2D eigenvalue weighted by atomic mass is 10.1. The Balaban J connectivity index is 2.73. The highest BCUT2D eigenvalue weighted by atomic mass is 19.1. The Morgan fingerprint density at radius 3 is 2.36 bits per heavy atom. The first-order chi connectivity index (χ1) is 11.9. The fourth-order valence-corrected chi connectivity index (χ4v) is 2.20. The Morgan fingerprint density at radius 2 is 1.76 bits per heavy atom. The number of halogens is 1. The van der Waals surface area contributed by atoms with Crippen molar-refractivity contribution >= 4 is 23.5 Å². The van der Waals surface area contributed by atoms with Gasteiger partial charge in [-0.15, -0.1) is 0 Å². The van der Waals surface area contributed by atoms with Gasteiger partial charge < -0.3 is 20.1 Å². The van der Waals surface area contributed by atoms with Crippen LogP contribution in [-0.2, 0) is 19.1 Å². The standard InChI is InChI=1S/C17H15FN2O5/c1-24-16(22)11-5-3-4-8-20(14(11)17(23)25-2)13-9-10(15(19)21)6-7-12(13)18/h3-9H,1-2H3,(H2,19,21). The van der Waals surface area contributed by atoms with Crippen LogP contribution in [0.5, 0.6) is 0 Å². The van der Waals surface area contributed by atoms with Gasteiger partial charge in [-0.25, -0.2) is 14.0 Å². The Kier molecular flexibility index (Phi) is 5.33. The zero-order valence-corrected chi connectivity index (χ0v) is 13.5. The second-order valence-electron chi connectivity index (χ2n) is 4.85. The third kappa shape index (κ3) is 3.57. The van der Waals surface area contributed by atoms with Crippen molar-refractivity contribution in [3.63, 3.8) is 0 Å². The molecule has 1 aliphatic heterocycles. The summed E-state index contributed by atoms with van der Waals surface area (Å²) in [5.41, 5.74) is 4.70. The number of nitrogens with two attached hydrogens (primary N) is 1. The number of nitrogens with zero attached hydrogens (tertiary/aromatic N) is 1. The topological polar surface area (TPSA) is 98.9 Å². The van der Waals surface area contributed by atoms with Crippen molar-refractivity contribution in [2.24, 2.45) is 5.73 Å². The normalized spacial score (nSPS) is 13.5. The second-order valence-corrected chi connectivity index (χ2v) is 4.85. The van der Waals surface area contributed by atoms with Gasteiger partial charge in [0.05, 0.1) is 25.5 Å². The van der Waals surface area contributed by atoms with E-state index in [1.807, 2.05) is 0 Å². The first-order valence-corrected chi connectivity index (χ1v) is 7.05. The first-order valence-electron chi connectivity index (χ1n) is 7.05. The zero-order valence-electron chi connectivity index (χ0n) is 13.5. The van der Waals surface area contributed by atoms with Gasteiger partial charge in [0.15, 0.2) is 0 Å². The van der Waals surface area contributed by atoms with Crippen molar-refractivity contribution in [3.8, 4) is 0 Å². The van der Waals surface area contributed by atoms with Gasteiger partial charge in [-0.3, -0.25) is 4.79 Å². The highest BCUT2D eigenvalue weighted by Crippen LogP contribution is 2.29. The number of anilines is 1. The average Bonchev–Trinajstić information content (AvgIpc) is 2.83. The van der Waals surface area contributed by atoms with Crippen LogP contribution in [0.15, 0.2) is 53.9 Å². The number of carbonyl (C=O) groups excluding carboxylic acids is 3. The molecule has 0 bridgehead atoms. The summed E-state index contributed by atoms with van der Waals surface area (Å²) < 4.78 is 23.7. The van der Waals surface area contributed by atoms with Crippen molar-refractivity contribution in [3.05, 3.63) is 65.3 Å². The summed E-state index contributed by atoms with van der Waals surface area (Å²) in [5, 5.41) is 0. The van der Waals surface area contributed by atoms with Gasteiger partial charge in [-0.05, 0) is 30.4 Å². The van der Waals surface area contributed by atoms with E-state index in [0.29, 0.717) is 0 Å². The molecule has 0 unspecified atom stereocenters. The van der Waals surface area contributed by atoms with Crippen LogP contribution in [0.2, 0.25) is 0 Å². The molecule has 8 heteroatoms. The molecule has 25 heavy (non-hydrogen) atoms. The minimum Gasteiger partial charge on any atom is -0.465 e. The van der Waals surface area contributed by atoms with Crippen molar-refractivity contribution in [2.75, 3.05) is 19.1 Å². The van der Waals surface area contributed by atoms with E-state index in [1.54, 1.807) is 0 Å². The quantitative estimate of drug-likeness (QED) is 0.828. The molecule has 0 aromatic heterocycles. The average molecular weight is 346 g/mol. The zero-order chi connectivity index (χ0) is 18.6. The number of hydrogen-bond acceptors (Lipinski definition) is 6. The van der Waals surface area contributed by atoms with Crippen LogP contribution < -0.4 is 10.6 Å². The Bertz CT molecular complexity index is 826. The summed E-state index contributed by atoms with van der Waals surface area (Å²) in [4.78, 5) is 36.8. The number of rotatable bonds is 4. The van der Waals surface area contributed by atoms with E-state index in [0.717, 1.165) is 25.2 Å². The van der Waals surface area contributed by atoms with Gasteiger partial charge in [0, 0.05) is 11.8 Å². The predicted molar refractivity (Wildman–Crippen MR) is 86.7 cm³/mol. The SMILES string of the molecule is COC(=O)C1=C(C(=O)OC)N(c2cc(C(N)=O)ccc2F)C=CC=C1. The van der Waals surface area contributed by atoms with Crippen molar-refractivity contribution in [1.82, 2.24) is 0 Å². The summed E-state index contributed by atoms with van der Waals surface area (Å²) in [7, 11) is 2.27. The predicted octanol–water partition coefficient (Wildman–Crippen LogP) is 1.41. The summed E-state index contributed by atoms with van der Waals surface area (Å²) in [6, 6.07) is 3.42. The third-order valence-corrected chi connectivity index (χ3v) is 3.38. The molecule has 0 spiro atoms. The van der Waals surface area contributed by atoms with E-state index >= 15 is 0 Å². The Hall–Kier alpha value is -3.42. The van der Waals surface area contributed by atoms with Gasteiger partial charge in [0.25, 0.3) is 0 Å². The molecule has 1 aromatic rings. The van der Waals surface area contributed by atoms with E-state index in [1.165, 1.54) is 36.6 Å². The molecule has 0 radical (unpaired) electrons. The van der Waals surface area contributed by atoms with Gasteiger partial charge in [-0.2, -0.15) is 0 Å². The molecule has 130 valence electrons. The molecule has 0 atom stereocenters. The number of amides is 1. The van der Waals surface area contributed by atoms with E-state index < -0.39 is 23.7 Å². The lowest BCUT2D eigenvalue weighted by Gasteiger charge is -2.23. The number of hydrogen-bond donors (Lipinski definition) is 1. The largest absolute Gasteiger partial charge is 0.465 e. The van der Waals surface area contributed by atoms with E-state index in [9.17, 15) is 18.8 Å². The highest BCUT2D eigenvalue weighted by Gasteiger charge is 2.29. The molecule has 1 aliphatic rings. The van der Waals surface area contributed by atoms with E-state index in [-0.39, 0.29) is 22.5 Å². The summed E-state index contributed by atoms with van der Waals surface area (Å²) in [6.45, 7) is 0. The lowest BCUT2D eigenvalue weighted by molar-refractivity contribution is -0.139. The molecule has 7 nitrogen and oxygen atoms in total. The molecule has 0 aliphatic carbocycles. The van der Waals surface area contributed by atoms with Gasteiger partial charge >= 0.3 is 11.9 Å². The minimum absolute atomic E-state index is 0.0332. The summed E-state index contributed by atoms with van der Waals surface area (Å²) in [6.07, 6.45) is 5.65. The number of primary amides is 1. The Labute approximate surface area is 142 Å². The first kappa shape index (κ1) is 17.9.